The number of amides is 1. The lowest BCUT2D eigenvalue weighted by molar-refractivity contribution is -0.119. The molecule has 1 N–H and O–H groups in total. The molecule has 0 aliphatic heterocycles. The number of nitrogens with zero attached hydrogens (tertiary/aromatic N) is 1. The van der Waals surface area contributed by atoms with Gasteiger partial charge in [0.2, 0.25) is 5.91 Å². The van der Waals surface area contributed by atoms with Crippen molar-refractivity contribution in [2.24, 2.45) is 0 Å². The third-order valence-electron chi connectivity index (χ3n) is 1.53. The number of rotatable bonds is 3. The van der Waals surface area contributed by atoms with Gasteiger partial charge in [-0.1, -0.05) is 0 Å². The van der Waals surface area contributed by atoms with Gasteiger partial charge in [0.15, 0.2) is 0 Å². The van der Waals surface area contributed by atoms with Crippen LogP contribution in [-0.4, -0.2) is 37.5 Å². The molecule has 1 unspecified atom stereocenters. The highest BCUT2D eigenvalue weighted by atomic mass is 16.1. The average Bonchev–Trinajstić information content (AvgIpc) is 1.82. The quantitative estimate of drug-likeness (QED) is 0.608. The van der Waals surface area contributed by atoms with Gasteiger partial charge in [0.25, 0.3) is 0 Å². The lowest BCUT2D eigenvalue weighted by Crippen LogP contribution is -2.37. The van der Waals surface area contributed by atoms with Gasteiger partial charge in [0.05, 0.1) is 0 Å². The second-order valence-electron chi connectivity index (χ2n) is 2.75. The maximum Gasteiger partial charge on any atom is 0.216 e. The molecule has 0 saturated heterocycles. The van der Waals surface area contributed by atoms with Gasteiger partial charge in [0.1, 0.15) is 0 Å². The fourth-order valence-electron chi connectivity index (χ4n) is 0.474. The Morgan fingerprint density at radius 2 is 2.10 bits per heavy atom. The van der Waals surface area contributed by atoms with Crippen molar-refractivity contribution in [2.45, 2.75) is 19.9 Å². The standard InChI is InChI=1S/C7H16N2O/c1-6(9(3)4)5-8-7(2)10/h6H,5H2,1-4H3,(H,8,10). The Bertz CT molecular complexity index is 112. The Kier molecular flexibility index (Phi) is 4.03. The van der Waals surface area contributed by atoms with Gasteiger partial charge < -0.3 is 10.2 Å². The van der Waals surface area contributed by atoms with Crippen LogP contribution in [0.15, 0.2) is 0 Å². The Morgan fingerprint density at radius 1 is 1.60 bits per heavy atom. The van der Waals surface area contributed by atoms with E-state index in [-0.39, 0.29) is 5.91 Å². The summed E-state index contributed by atoms with van der Waals surface area (Å²) >= 11 is 0. The maximum absolute atomic E-state index is 10.4. The molecule has 0 aromatic carbocycles. The largest absolute Gasteiger partial charge is 0.355 e. The Balaban J connectivity index is 3.39. The van der Waals surface area contributed by atoms with Crippen LogP contribution in [0.5, 0.6) is 0 Å². The summed E-state index contributed by atoms with van der Waals surface area (Å²) in [4.78, 5) is 12.5. The number of hydrogen-bond donors (Lipinski definition) is 1. The zero-order valence-corrected chi connectivity index (χ0v) is 7.14. The fourth-order valence-corrected chi connectivity index (χ4v) is 0.474. The summed E-state index contributed by atoms with van der Waals surface area (Å²) in [6.07, 6.45) is 0. The Hall–Kier alpha value is -0.570. The predicted octanol–water partition coefficient (Wildman–Crippen LogP) is 0.0726. The molecule has 3 nitrogen and oxygen atoms in total. The van der Waals surface area contributed by atoms with Crippen LogP contribution in [0.2, 0.25) is 0 Å². The molecule has 0 spiro atoms. The summed E-state index contributed by atoms with van der Waals surface area (Å²) in [6, 6.07) is 0.406. The number of hydrogen-bond acceptors (Lipinski definition) is 2. The van der Waals surface area contributed by atoms with Crippen LogP contribution >= 0.6 is 0 Å². The topological polar surface area (TPSA) is 32.3 Å². The van der Waals surface area contributed by atoms with E-state index in [0.29, 0.717) is 6.04 Å². The first-order chi connectivity index (χ1) is 4.54. The van der Waals surface area contributed by atoms with Crippen molar-refractivity contribution in [1.82, 2.24) is 10.2 Å². The van der Waals surface area contributed by atoms with E-state index >= 15 is 0 Å². The van der Waals surface area contributed by atoms with Crippen LogP contribution in [0.25, 0.3) is 0 Å². The molecule has 0 heterocycles. The van der Waals surface area contributed by atoms with E-state index in [1.807, 2.05) is 14.1 Å². The first-order valence-corrected chi connectivity index (χ1v) is 3.45. The molecular weight excluding hydrogens is 128 g/mol. The predicted molar refractivity (Wildman–Crippen MR) is 41.8 cm³/mol. The van der Waals surface area contributed by atoms with E-state index in [1.165, 1.54) is 6.92 Å². The van der Waals surface area contributed by atoms with Crippen LogP contribution in [0.1, 0.15) is 13.8 Å². The normalized spacial score (nSPS) is 13.3. The highest BCUT2D eigenvalue weighted by Crippen LogP contribution is 1.87. The molecule has 10 heavy (non-hydrogen) atoms. The van der Waals surface area contributed by atoms with Crippen molar-refractivity contribution < 1.29 is 4.79 Å². The zero-order chi connectivity index (χ0) is 8.15. The Morgan fingerprint density at radius 3 is 2.40 bits per heavy atom. The average molecular weight is 144 g/mol. The summed E-state index contributed by atoms with van der Waals surface area (Å²) in [5.74, 6) is 0.0358. The van der Waals surface area contributed by atoms with Crippen molar-refractivity contribution >= 4 is 5.91 Å². The fraction of sp³-hybridized carbons (Fsp3) is 0.857. The number of carbonyl (C=O) groups is 1. The molecule has 0 aliphatic rings. The van der Waals surface area contributed by atoms with E-state index in [0.717, 1.165) is 6.54 Å². The first-order valence-electron chi connectivity index (χ1n) is 3.45. The second kappa shape index (κ2) is 4.28. The minimum Gasteiger partial charge on any atom is -0.355 e. The highest BCUT2D eigenvalue weighted by molar-refractivity contribution is 5.72. The maximum atomic E-state index is 10.4. The lowest BCUT2D eigenvalue weighted by atomic mass is 10.3. The van der Waals surface area contributed by atoms with E-state index in [9.17, 15) is 4.79 Å². The number of carbonyl (C=O) groups excluding carboxylic acids is 1. The molecule has 0 bridgehead atoms. The van der Waals surface area contributed by atoms with Crippen LogP contribution < -0.4 is 5.32 Å². The van der Waals surface area contributed by atoms with Crippen LogP contribution in [0.4, 0.5) is 0 Å². The SMILES string of the molecule is CC(=O)NCC(C)N(C)C. The molecule has 0 aliphatic carbocycles. The van der Waals surface area contributed by atoms with Gasteiger partial charge in [-0.05, 0) is 21.0 Å². The Labute approximate surface area is 62.4 Å². The van der Waals surface area contributed by atoms with E-state index < -0.39 is 0 Å². The molecule has 0 radical (unpaired) electrons. The molecule has 3 heteroatoms. The molecule has 0 aromatic rings. The minimum atomic E-state index is 0.0358. The number of nitrogens with one attached hydrogen (secondary N) is 1. The monoisotopic (exact) mass is 144 g/mol. The second-order valence-corrected chi connectivity index (χ2v) is 2.75. The summed E-state index contributed by atoms with van der Waals surface area (Å²) in [5.41, 5.74) is 0. The number of likely N-dealkylation sites (N-methyl/N-ethyl adjacent to an activating group) is 1. The molecule has 1 amide bonds. The van der Waals surface area contributed by atoms with E-state index in [1.54, 1.807) is 0 Å². The minimum absolute atomic E-state index is 0.0358. The first kappa shape index (κ1) is 9.43. The molecule has 0 rings (SSSR count). The van der Waals surface area contributed by atoms with Gasteiger partial charge in [-0.2, -0.15) is 0 Å². The highest BCUT2D eigenvalue weighted by Gasteiger charge is 2.03. The summed E-state index contributed by atoms with van der Waals surface area (Å²) in [6.45, 7) is 4.32. The summed E-state index contributed by atoms with van der Waals surface area (Å²) in [7, 11) is 3.99. The van der Waals surface area contributed by atoms with Gasteiger partial charge >= 0.3 is 0 Å². The van der Waals surface area contributed by atoms with Gasteiger partial charge in [-0.15, -0.1) is 0 Å². The van der Waals surface area contributed by atoms with Crippen molar-refractivity contribution in [3.05, 3.63) is 0 Å². The van der Waals surface area contributed by atoms with Crippen molar-refractivity contribution in [1.29, 1.82) is 0 Å². The van der Waals surface area contributed by atoms with Crippen LogP contribution in [-0.2, 0) is 4.79 Å². The van der Waals surface area contributed by atoms with Crippen LogP contribution in [0, 0.1) is 0 Å². The zero-order valence-electron chi connectivity index (χ0n) is 7.14. The molecule has 60 valence electrons. The molecule has 0 aromatic heterocycles. The van der Waals surface area contributed by atoms with Gasteiger partial charge in [-0.3, -0.25) is 4.79 Å². The lowest BCUT2D eigenvalue weighted by Gasteiger charge is -2.19. The molecule has 1 atom stereocenters. The molecular formula is C7H16N2O. The van der Waals surface area contributed by atoms with Crippen molar-refractivity contribution in [3.8, 4) is 0 Å². The summed E-state index contributed by atoms with van der Waals surface area (Å²) in [5, 5.41) is 2.75. The van der Waals surface area contributed by atoms with Gasteiger partial charge in [0, 0.05) is 19.5 Å². The molecule has 0 saturated carbocycles. The van der Waals surface area contributed by atoms with E-state index in [4.69, 9.17) is 0 Å². The van der Waals surface area contributed by atoms with Crippen molar-refractivity contribution in [2.75, 3.05) is 20.6 Å². The molecule has 0 fully saturated rings. The third kappa shape index (κ3) is 4.32. The van der Waals surface area contributed by atoms with E-state index in [2.05, 4.69) is 17.1 Å². The van der Waals surface area contributed by atoms with Crippen LogP contribution in [0.3, 0.4) is 0 Å². The smallest absolute Gasteiger partial charge is 0.216 e. The van der Waals surface area contributed by atoms with Gasteiger partial charge in [-0.25, -0.2) is 0 Å². The third-order valence-corrected chi connectivity index (χ3v) is 1.53. The summed E-state index contributed by atoms with van der Waals surface area (Å²) < 4.78 is 0. The van der Waals surface area contributed by atoms with Crippen molar-refractivity contribution in [3.63, 3.8) is 0 Å².